The van der Waals surface area contributed by atoms with Crippen LogP contribution in [0.4, 0.5) is 0 Å². The summed E-state index contributed by atoms with van der Waals surface area (Å²) in [6.45, 7) is 10.8. The molecule has 4 aliphatic rings. The minimum absolute atomic E-state index is 0.0311. The van der Waals surface area contributed by atoms with Crippen LogP contribution in [0.1, 0.15) is 79.1 Å². The van der Waals surface area contributed by atoms with Crippen molar-refractivity contribution in [2.24, 2.45) is 44.9 Å². The molecule has 0 spiro atoms. The molecule has 0 aliphatic heterocycles. The Hall–Kier alpha value is -0.870. The lowest BCUT2D eigenvalue weighted by atomic mass is 9.45. The van der Waals surface area contributed by atoms with Gasteiger partial charge in [0.25, 0.3) is 0 Å². The molecule has 0 unspecified atom stereocenters. The summed E-state index contributed by atoms with van der Waals surface area (Å²) >= 11 is 0. The second-order valence-corrected chi connectivity index (χ2v) is 10.9. The zero-order chi connectivity index (χ0) is 20.2. The topological polar surface area (TPSA) is 67.8 Å². The van der Waals surface area contributed by atoms with E-state index in [0.29, 0.717) is 19.1 Å². The quantitative estimate of drug-likeness (QED) is 0.418. The number of allylic oxidation sites excluding steroid dienone is 2. The second-order valence-electron chi connectivity index (χ2n) is 10.9. The number of nitrogens with zero attached hydrogens (tertiary/aromatic N) is 1. The van der Waals surface area contributed by atoms with E-state index >= 15 is 0 Å². The summed E-state index contributed by atoms with van der Waals surface area (Å²) in [6, 6.07) is 0. The van der Waals surface area contributed by atoms with Gasteiger partial charge < -0.3 is 15.7 Å². The first-order valence-corrected chi connectivity index (χ1v) is 11.5. The van der Waals surface area contributed by atoms with Crippen LogP contribution in [0.15, 0.2) is 16.8 Å². The van der Waals surface area contributed by atoms with Crippen molar-refractivity contribution >= 4 is 5.71 Å². The van der Waals surface area contributed by atoms with Crippen LogP contribution >= 0.6 is 0 Å². The highest BCUT2D eigenvalue weighted by atomic mass is 16.6. The van der Waals surface area contributed by atoms with Crippen LogP contribution in [0, 0.1) is 34.0 Å². The molecule has 0 heterocycles. The molecule has 0 radical (unpaired) electrons. The van der Waals surface area contributed by atoms with E-state index in [9.17, 15) is 5.11 Å². The highest BCUT2D eigenvalue weighted by Crippen LogP contribution is 2.66. The first-order chi connectivity index (χ1) is 13.2. The Kier molecular flexibility index (Phi) is 5.19. The standard InChI is InChI=1S/C24H40N2O2/c1-22(2)19-8-6-16-17-7-9-21(27)24(17,4)12-10-18(16)23(19,3)13-11-20(22)26-28-15-5-14-25/h8,16-18,21,27H,5-7,9-15,25H2,1-4H3/b26-20-/t16-,17-,18-,21-,23+,24-/m0/s1. The minimum atomic E-state index is -0.0937. The smallest absolute Gasteiger partial charge is 0.118 e. The van der Waals surface area contributed by atoms with Crippen molar-refractivity contribution in [3.8, 4) is 0 Å². The van der Waals surface area contributed by atoms with E-state index in [0.717, 1.165) is 31.1 Å². The lowest BCUT2D eigenvalue weighted by Gasteiger charge is -2.60. The first-order valence-electron chi connectivity index (χ1n) is 11.5. The van der Waals surface area contributed by atoms with Crippen LogP contribution in [0.3, 0.4) is 0 Å². The molecule has 4 rings (SSSR count). The SMILES string of the molecule is CC1(C)C2=CC[C@H]3[C@@H]4CC[C@H](O)[C@@]4(C)CC[C@@H]3[C@@]2(C)CC/C1=N/OCCCN. The predicted molar refractivity (Wildman–Crippen MR) is 114 cm³/mol. The number of fused-ring (bicyclic) bond motifs is 5. The van der Waals surface area contributed by atoms with E-state index in [1.807, 2.05) is 0 Å². The van der Waals surface area contributed by atoms with E-state index < -0.39 is 0 Å². The lowest BCUT2D eigenvalue weighted by molar-refractivity contribution is -0.0670. The summed E-state index contributed by atoms with van der Waals surface area (Å²) in [6.07, 6.45) is 11.4. The molecular weight excluding hydrogens is 348 g/mol. The van der Waals surface area contributed by atoms with Crippen LogP contribution in [0.25, 0.3) is 0 Å². The molecule has 0 aromatic rings. The van der Waals surface area contributed by atoms with Crippen molar-refractivity contribution in [2.45, 2.75) is 85.2 Å². The lowest BCUT2D eigenvalue weighted by Crippen LogP contribution is -2.54. The van der Waals surface area contributed by atoms with Crippen molar-refractivity contribution in [2.75, 3.05) is 13.2 Å². The van der Waals surface area contributed by atoms with Crippen LogP contribution in [0.2, 0.25) is 0 Å². The Bertz CT molecular complexity index is 670. The molecule has 4 aliphatic carbocycles. The van der Waals surface area contributed by atoms with Gasteiger partial charge in [0.1, 0.15) is 6.61 Å². The first kappa shape index (κ1) is 20.4. The summed E-state index contributed by atoms with van der Waals surface area (Å²) in [5.74, 6) is 2.17. The van der Waals surface area contributed by atoms with Crippen LogP contribution in [-0.2, 0) is 4.84 Å². The number of nitrogens with two attached hydrogens (primary N) is 1. The number of aliphatic hydroxyl groups excluding tert-OH is 1. The Balaban J connectivity index is 1.61. The maximum atomic E-state index is 10.7. The van der Waals surface area contributed by atoms with Crippen molar-refractivity contribution in [1.29, 1.82) is 0 Å². The highest BCUT2D eigenvalue weighted by Gasteiger charge is 2.60. The van der Waals surface area contributed by atoms with E-state index in [-0.39, 0.29) is 22.3 Å². The van der Waals surface area contributed by atoms with Gasteiger partial charge in [-0.05, 0) is 86.5 Å². The maximum Gasteiger partial charge on any atom is 0.118 e. The molecule has 28 heavy (non-hydrogen) atoms. The number of hydrogen-bond donors (Lipinski definition) is 2. The summed E-state index contributed by atoms with van der Waals surface area (Å²) < 4.78 is 0. The zero-order valence-corrected chi connectivity index (χ0v) is 18.3. The third-order valence-electron chi connectivity index (χ3n) is 9.31. The van der Waals surface area contributed by atoms with Crippen LogP contribution in [-0.4, -0.2) is 30.1 Å². The van der Waals surface area contributed by atoms with E-state index in [1.165, 1.54) is 37.8 Å². The Morgan fingerprint density at radius 3 is 2.68 bits per heavy atom. The molecule has 0 amide bonds. The third-order valence-corrected chi connectivity index (χ3v) is 9.31. The number of hydrogen-bond acceptors (Lipinski definition) is 4. The highest BCUT2D eigenvalue weighted by molar-refractivity contribution is 5.93. The van der Waals surface area contributed by atoms with Crippen molar-refractivity contribution < 1.29 is 9.94 Å². The fraction of sp³-hybridized carbons (Fsp3) is 0.875. The largest absolute Gasteiger partial charge is 0.396 e. The average molecular weight is 389 g/mol. The van der Waals surface area contributed by atoms with Gasteiger partial charge in [0.05, 0.1) is 11.8 Å². The number of aliphatic hydroxyl groups is 1. The normalized spacial score (nSPS) is 45.8. The van der Waals surface area contributed by atoms with Gasteiger partial charge in [-0.15, -0.1) is 0 Å². The van der Waals surface area contributed by atoms with E-state index in [4.69, 9.17) is 10.6 Å². The summed E-state index contributed by atoms with van der Waals surface area (Å²) in [5.41, 5.74) is 8.74. The Morgan fingerprint density at radius 1 is 1.14 bits per heavy atom. The molecule has 0 bridgehead atoms. The molecule has 4 heteroatoms. The molecule has 0 aromatic carbocycles. The van der Waals surface area contributed by atoms with Gasteiger partial charge in [0.2, 0.25) is 0 Å². The van der Waals surface area contributed by atoms with Gasteiger partial charge >= 0.3 is 0 Å². The van der Waals surface area contributed by atoms with Crippen molar-refractivity contribution in [1.82, 2.24) is 0 Å². The molecule has 6 atom stereocenters. The third kappa shape index (κ3) is 2.89. The van der Waals surface area contributed by atoms with Gasteiger partial charge in [-0.2, -0.15) is 0 Å². The number of oxime groups is 1. The van der Waals surface area contributed by atoms with Gasteiger partial charge in [-0.25, -0.2) is 0 Å². The van der Waals surface area contributed by atoms with Crippen LogP contribution in [0.5, 0.6) is 0 Å². The molecule has 0 saturated heterocycles. The van der Waals surface area contributed by atoms with Gasteiger partial charge in [0, 0.05) is 5.41 Å². The van der Waals surface area contributed by atoms with Crippen molar-refractivity contribution in [3.05, 3.63) is 11.6 Å². The minimum Gasteiger partial charge on any atom is -0.396 e. The van der Waals surface area contributed by atoms with E-state index in [2.05, 4.69) is 38.9 Å². The average Bonchev–Trinajstić information content (AvgIpc) is 2.95. The Labute approximate surface area is 171 Å². The fourth-order valence-electron chi connectivity index (χ4n) is 7.63. The Morgan fingerprint density at radius 2 is 1.93 bits per heavy atom. The van der Waals surface area contributed by atoms with Crippen molar-refractivity contribution in [3.63, 3.8) is 0 Å². The second kappa shape index (κ2) is 7.12. The molecule has 158 valence electrons. The number of rotatable bonds is 4. The zero-order valence-electron chi connectivity index (χ0n) is 18.3. The molecule has 3 fully saturated rings. The molecular formula is C24H40N2O2. The van der Waals surface area contributed by atoms with E-state index in [1.54, 1.807) is 5.57 Å². The fourth-order valence-corrected chi connectivity index (χ4v) is 7.63. The van der Waals surface area contributed by atoms with Gasteiger partial charge in [-0.1, -0.05) is 44.5 Å². The van der Waals surface area contributed by atoms with Crippen LogP contribution < -0.4 is 5.73 Å². The summed E-state index contributed by atoms with van der Waals surface area (Å²) in [7, 11) is 0. The molecule has 4 nitrogen and oxygen atoms in total. The van der Waals surface area contributed by atoms with Gasteiger partial charge in [0.15, 0.2) is 0 Å². The summed E-state index contributed by atoms with van der Waals surface area (Å²) in [5, 5.41) is 15.2. The monoisotopic (exact) mass is 388 g/mol. The molecule has 3 saturated carbocycles. The predicted octanol–water partition coefficient (Wildman–Crippen LogP) is 4.67. The maximum absolute atomic E-state index is 10.7. The van der Waals surface area contributed by atoms with Gasteiger partial charge in [-0.3, -0.25) is 0 Å². The summed E-state index contributed by atoms with van der Waals surface area (Å²) in [4.78, 5) is 5.60. The molecule has 3 N–H and O–H groups in total. The molecule has 0 aromatic heterocycles.